The van der Waals surface area contributed by atoms with Crippen molar-refractivity contribution >= 4 is 10.0 Å². The summed E-state index contributed by atoms with van der Waals surface area (Å²) in [6.45, 7) is 3.18. The lowest BCUT2D eigenvalue weighted by Gasteiger charge is -2.11. The fourth-order valence-electron chi connectivity index (χ4n) is 1.22. The molecule has 0 aliphatic heterocycles. The molecule has 0 atom stereocenters. The van der Waals surface area contributed by atoms with E-state index in [0.29, 0.717) is 6.07 Å². The normalized spacial score (nSPS) is 13.1. The van der Waals surface area contributed by atoms with Gasteiger partial charge in [0.1, 0.15) is 0 Å². The first-order valence-corrected chi connectivity index (χ1v) is 6.31. The standard InChI is InChI=1S/C10H12F3NO2S/c1-7(2)14-17(15,16)9-5-3-4-8(6-9)10(11,12)13/h3-7,14H,1-2H3. The Balaban J connectivity index is 3.17. The summed E-state index contributed by atoms with van der Waals surface area (Å²) in [5.74, 6) is 0. The van der Waals surface area contributed by atoms with Gasteiger partial charge >= 0.3 is 6.18 Å². The number of hydrogen-bond acceptors (Lipinski definition) is 2. The van der Waals surface area contributed by atoms with Crippen molar-refractivity contribution in [2.24, 2.45) is 0 Å². The van der Waals surface area contributed by atoms with Crippen LogP contribution in [0.2, 0.25) is 0 Å². The fourth-order valence-corrected chi connectivity index (χ4v) is 2.51. The van der Waals surface area contributed by atoms with Crippen molar-refractivity contribution in [2.75, 3.05) is 0 Å². The molecule has 1 aromatic rings. The van der Waals surface area contributed by atoms with Crippen LogP contribution in [0.4, 0.5) is 13.2 Å². The third-order valence-electron chi connectivity index (χ3n) is 1.86. The molecule has 96 valence electrons. The highest BCUT2D eigenvalue weighted by atomic mass is 32.2. The van der Waals surface area contributed by atoms with Crippen LogP contribution in [0.1, 0.15) is 19.4 Å². The SMILES string of the molecule is CC(C)NS(=O)(=O)c1cccc(C(F)(F)F)c1. The lowest BCUT2D eigenvalue weighted by atomic mass is 10.2. The highest BCUT2D eigenvalue weighted by Gasteiger charge is 2.31. The van der Waals surface area contributed by atoms with Crippen LogP contribution in [0.15, 0.2) is 29.2 Å². The maximum absolute atomic E-state index is 12.4. The van der Waals surface area contributed by atoms with Crippen LogP contribution in [0.3, 0.4) is 0 Å². The molecule has 0 fully saturated rings. The van der Waals surface area contributed by atoms with E-state index in [0.717, 1.165) is 18.2 Å². The molecule has 0 saturated heterocycles. The van der Waals surface area contributed by atoms with E-state index in [1.165, 1.54) is 0 Å². The summed E-state index contributed by atoms with van der Waals surface area (Å²) in [6.07, 6.45) is -4.55. The maximum Gasteiger partial charge on any atom is 0.416 e. The van der Waals surface area contributed by atoms with Gasteiger partial charge in [0.25, 0.3) is 0 Å². The Morgan fingerprint density at radius 3 is 2.29 bits per heavy atom. The van der Waals surface area contributed by atoms with E-state index in [1.807, 2.05) is 0 Å². The van der Waals surface area contributed by atoms with Crippen LogP contribution in [0.5, 0.6) is 0 Å². The molecule has 1 rings (SSSR count). The zero-order valence-electron chi connectivity index (χ0n) is 9.25. The first kappa shape index (κ1) is 14.0. The summed E-state index contributed by atoms with van der Waals surface area (Å²) in [6, 6.07) is 3.26. The number of alkyl halides is 3. The van der Waals surface area contributed by atoms with Gasteiger partial charge in [0.2, 0.25) is 10.0 Å². The van der Waals surface area contributed by atoms with Crippen LogP contribution < -0.4 is 4.72 Å². The van der Waals surface area contributed by atoms with Crippen LogP contribution >= 0.6 is 0 Å². The molecule has 0 saturated carbocycles. The quantitative estimate of drug-likeness (QED) is 0.914. The second-order valence-electron chi connectivity index (χ2n) is 3.80. The highest BCUT2D eigenvalue weighted by molar-refractivity contribution is 7.89. The molecule has 0 spiro atoms. The molecule has 1 aromatic carbocycles. The lowest BCUT2D eigenvalue weighted by Crippen LogP contribution is -2.30. The second kappa shape index (κ2) is 4.66. The molecule has 7 heteroatoms. The predicted octanol–water partition coefficient (Wildman–Crippen LogP) is 2.39. The Hall–Kier alpha value is -1.08. The highest BCUT2D eigenvalue weighted by Crippen LogP contribution is 2.30. The molecule has 0 bridgehead atoms. The summed E-state index contributed by atoms with van der Waals surface area (Å²) >= 11 is 0. The van der Waals surface area contributed by atoms with Crippen LogP contribution in [-0.4, -0.2) is 14.5 Å². The van der Waals surface area contributed by atoms with Crippen molar-refractivity contribution in [3.8, 4) is 0 Å². The molecular formula is C10H12F3NO2S. The molecule has 0 unspecified atom stereocenters. The van der Waals surface area contributed by atoms with Gasteiger partial charge in [0, 0.05) is 6.04 Å². The molecule has 0 aliphatic carbocycles. The Morgan fingerprint density at radius 1 is 1.24 bits per heavy atom. The second-order valence-corrected chi connectivity index (χ2v) is 5.52. The minimum atomic E-state index is -4.55. The van der Waals surface area contributed by atoms with Crippen LogP contribution in [0, 0.1) is 0 Å². The summed E-state index contributed by atoms with van der Waals surface area (Å²) < 4.78 is 62.7. The van der Waals surface area contributed by atoms with Gasteiger partial charge in [0.05, 0.1) is 10.5 Å². The van der Waals surface area contributed by atoms with Crippen molar-refractivity contribution in [1.82, 2.24) is 4.72 Å². The first-order valence-electron chi connectivity index (χ1n) is 4.82. The van der Waals surface area contributed by atoms with E-state index in [4.69, 9.17) is 0 Å². The molecule has 17 heavy (non-hydrogen) atoms. The van der Waals surface area contributed by atoms with Gasteiger partial charge in [-0.05, 0) is 32.0 Å². The van der Waals surface area contributed by atoms with Gasteiger partial charge in [-0.1, -0.05) is 6.07 Å². The summed E-state index contributed by atoms with van der Waals surface area (Å²) in [5.41, 5.74) is -0.982. The first-order chi connectivity index (χ1) is 7.63. The van der Waals surface area contributed by atoms with Gasteiger partial charge < -0.3 is 0 Å². The minimum absolute atomic E-state index is 0.380. The minimum Gasteiger partial charge on any atom is -0.209 e. The molecule has 0 radical (unpaired) electrons. The average Bonchev–Trinajstić information content (AvgIpc) is 2.14. The average molecular weight is 267 g/mol. The van der Waals surface area contributed by atoms with Crippen molar-refractivity contribution in [3.63, 3.8) is 0 Å². The number of rotatable bonds is 3. The molecule has 1 N–H and O–H groups in total. The maximum atomic E-state index is 12.4. The van der Waals surface area contributed by atoms with Gasteiger partial charge in [-0.15, -0.1) is 0 Å². The molecule has 0 aromatic heterocycles. The number of hydrogen-bond donors (Lipinski definition) is 1. The van der Waals surface area contributed by atoms with Gasteiger partial charge in [-0.2, -0.15) is 13.2 Å². The fraction of sp³-hybridized carbons (Fsp3) is 0.400. The van der Waals surface area contributed by atoms with E-state index in [9.17, 15) is 21.6 Å². The van der Waals surface area contributed by atoms with Crippen molar-refractivity contribution in [2.45, 2.75) is 31.0 Å². The molecule has 0 heterocycles. The van der Waals surface area contributed by atoms with Gasteiger partial charge in [-0.3, -0.25) is 0 Å². The van der Waals surface area contributed by atoms with Crippen LogP contribution in [-0.2, 0) is 16.2 Å². The van der Waals surface area contributed by atoms with Crippen molar-refractivity contribution in [1.29, 1.82) is 0 Å². The third kappa shape index (κ3) is 3.71. The Bertz CT molecular complexity index is 495. The third-order valence-corrected chi connectivity index (χ3v) is 3.52. The lowest BCUT2D eigenvalue weighted by molar-refractivity contribution is -0.137. The zero-order chi connectivity index (χ0) is 13.3. The van der Waals surface area contributed by atoms with E-state index in [-0.39, 0.29) is 10.9 Å². The molecule has 0 aliphatic rings. The largest absolute Gasteiger partial charge is 0.416 e. The summed E-state index contributed by atoms with van der Waals surface area (Å²) in [7, 11) is -3.89. The Morgan fingerprint density at radius 2 is 1.82 bits per heavy atom. The van der Waals surface area contributed by atoms with Crippen molar-refractivity contribution in [3.05, 3.63) is 29.8 Å². The smallest absolute Gasteiger partial charge is 0.209 e. The number of halogens is 3. The molecule has 0 amide bonds. The Kier molecular flexibility index (Phi) is 3.83. The monoisotopic (exact) mass is 267 g/mol. The molecular weight excluding hydrogens is 255 g/mol. The topological polar surface area (TPSA) is 46.2 Å². The Labute approximate surface area is 97.7 Å². The number of sulfonamides is 1. The summed E-state index contributed by atoms with van der Waals surface area (Å²) in [4.78, 5) is -0.388. The van der Waals surface area contributed by atoms with Crippen molar-refractivity contribution < 1.29 is 21.6 Å². The molecule has 3 nitrogen and oxygen atoms in total. The van der Waals surface area contributed by atoms with Gasteiger partial charge in [-0.25, -0.2) is 13.1 Å². The van der Waals surface area contributed by atoms with Crippen LogP contribution in [0.25, 0.3) is 0 Å². The number of benzene rings is 1. The number of nitrogens with one attached hydrogen (secondary N) is 1. The van der Waals surface area contributed by atoms with Gasteiger partial charge in [0.15, 0.2) is 0 Å². The van der Waals surface area contributed by atoms with E-state index in [1.54, 1.807) is 13.8 Å². The predicted molar refractivity (Wildman–Crippen MR) is 56.9 cm³/mol. The van der Waals surface area contributed by atoms with E-state index in [2.05, 4.69) is 4.72 Å². The van der Waals surface area contributed by atoms with E-state index >= 15 is 0 Å². The summed E-state index contributed by atoms with van der Waals surface area (Å²) in [5, 5.41) is 0. The van der Waals surface area contributed by atoms with E-state index < -0.39 is 21.8 Å². The zero-order valence-corrected chi connectivity index (χ0v) is 10.1.